The zero-order valence-electron chi connectivity index (χ0n) is 15.3. The van der Waals surface area contributed by atoms with Crippen LogP contribution in [0.2, 0.25) is 0 Å². The Bertz CT molecular complexity index is 305. The smallest absolute Gasteiger partial charge is 0.259 e. The van der Waals surface area contributed by atoms with Crippen LogP contribution in [0.5, 0.6) is 0 Å². The molecule has 1 heterocycles. The van der Waals surface area contributed by atoms with Crippen LogP contribution in [0.15, 0.2) is 0 Å². The van der Waals surface area contributed by atoms with Crippen LogP contribution in [0, 0.1) is 0 Å². The third-order valence-electron chi connectivity index (χ3n) is 3.38. The van der Waals surface area contributed by atoms with E-state index in [0.717, 1.165) is 19.4 Å². The molecule has 5 nitrogen and oxygen atoms in total. The van der Waals surface area contributed by atoms with Crippen molar-refractivity contribution >= 4 is 8.53 Å². The number of unbranched alkanes of at least 4 members (excludes halogenated alkanes) is 1. The zero-order valence-corrected chi connectivity index (χ0v) is 16.2. The highest BCUT2D eigenvalue weighted by molar-refractivity contribution is 7.44. The number of hydrogen-bond acceptors (Lipinski definition) is 5. The second kappa shape index (κ2) is 9.51. The van der Waals surface area contributed by atoms with Crippen LogP contribution in [0.4, 0.5) is 0 Å². The molecule has 0 aromatic heterocycles. The van der Waals surface area contributed by atoms with Gasteiger partial charge in [0.15, 0.2) is 5.79 Å². The Labute approximate surface area is 137 Å². The SMILES string of the molecule is CCCCOP(OC[C@H]1COC(C)(C)O1)N(C(C)C)C(C)C. The van der Waals surface area contributed by atoms with Crippen LogP contribution in [-0.2, 0) is 18.5 Å². The second-order valence-electron chi connectivity index (χ2n) is 6.74. The van der Waals surface area contributed by atoms with Gasteiger partial charge in [0.2, 0.25) is 0 Å². The van der Waals surface area contributed by atoms with Gasteiger partial charge in [-0.05, 0) is 48.0 Å². The summed E-state index contributed by atoms with van der Waals surface area (Å²) in [5.41, 5.74) is 0. The topological polar surface area (TPSA) is 40.2 Å². The fourth-order valence-corrected chi connectivity index (χ4v) is 4.10. The molecule has 22 heavy (non-hydrogen) atoms. The minimum absolute atomic E-state index is 0.0176. The molecular weight excluding hydrogens is 301 g/mol. The summed E-state index contributed by atoms with van der Waals surface area (Å²) >= 11 is 0. The van der Waals surface area contributed by atoms with Gasteiger partial charge in [-0.3, -0.25) is 0 Å². The van der Waals surface area contributed by atoms with E-state index in [2.05, 4.69) is 39.3 Å². The summed E-state index contributed by atoms with van der Waals surface area (Å²) in [7, 11) is -1.06. The van der Waals surface area contributed by atoms with Crippen LogP contribution >= 0.6 is 8.53 Å². The maximum absolute atomic E-state index is 6.11. The van der Waals surface area contributed by atoms with Crippen LogP contribution in [0.1, 0.15) is 61.3 Å². The third kappa shape index (κ3) is 6.77. The number of nitrogens with zero attached hydrogens (tertiary/aromatic N) is 1. The third-order valence-corrected chi connectivity index (χ3v) is 5.46. The largest absolute Gasteiger partial charge is 0.348 e. The molecule has 0 saturated carbocycles. The van der Waals surface area contributed by atoms with Gasteiger partial charge < -0.3 is 18.5 Å². The van der Waals surface area contributed by atoms with Gasteiger partial charge in [0.1, 0.15) is 6.10 Å². The normalized spacial score (nSPS) is 22.9. The van der Waals surface area contributed by atoms with Gasteiger partial charge in [-0.25, -0.2) is 4.67 Å². The molecule has 0 aromatic carbocycles. The highest BCUT2D eigenvalue weighted by Crippen LogP contribution is 2.46. The van der Waals surface area contributed by atoms with Crippen molar-refractivity contribution < 1.29 is 18.5 Å². The van der Waals surface area contributed by atoms with Crippen LogP contribution < -0.4 is 0 Å². The Morgan fingerprint density at radius 1 is 1.18 bits per heavy atom. The molecule has 0 spiro atoms. The van der Waals surface area contributed by atoms with E-state index < -0.39 is 14.3 Å². The summed E-state index contributed by atoms with van der Waals surface area (Å²) in [4.78, 5) is 0. The minimum atomic E-state index is -1.06. The zero-order chi connectivity index (χ0) is 16.8. The standard InChI is InChI=1S/C16H34NO4P/c1-8-9-10-19-22(17(13(2)3)14(4)5)20-12-15-11-18-16(6,7)21-15/h13-15H,8-12H2,1-7H3/t15-,22?/m1/s1. The van der Waals surface area contributed by atoms with Crippen LogP contribution in [-0.4, -0.2) is 48.5 Å². The van der Waals surface area contributed by atoms with Gasteiger partial charge in [-0.1, -0.05) is 13.3 Å². The summed E-state index contributed by atoms with van der Waals surface area (Å²) in [5, 5.41) is 0. The molecule has 1 fully saturated rings. The van der Waals surface area contributed by atoms with Crippen molar-refractivity contribution in [2.24, 2.45) is 0 Å². The molecule has 1 aliphatic rings. The molecule has 132 valence electrons. The average molecular weight is 335 g/mol. The lowest BCUT2D eigenvalue weighted by atomic mass is 10.3. The summed E-state index contributed by atoms with van der Waals surface area (Å²) < 4.78 is 25.9. The van der Waals surface area contributed by atoms with Crippen LogP contribution in [0.3, 0.4) is 0 Å². The Kier molecular flexibility index (Phi) is 8.76. The summed E-state index contributed by atoms with van der Waals surface area (Å²) in [6, 6.07) is 0.759. The van der Waals surface area contributed by atoms with Gasteiger partial charge in [0.25, 0.3) is 8.53 Å². The first-order chi connectivity index (χ1) is 10.3. The highest BCUT2D eigenvalue weighted by Gasteiger charge is 2.35. The Balaban J connectivity index is 2.57. The molecule has 6 heteroatoms. The molecule has 1 saturated heterocycles. The molecule has 0 aromatic rings. The highest BCUT2D eigenvalue weighted by atomic mass is 31.2. The second-order valence-corrected chi connectivity index (χ2v) is 8.19. The molecule has 0 aliphatic carbocycles. The monoisotopic (exact) mass is 335 g/mol. The first-order valence-corrected chi connectivity index (χ1v) is 9.55. The predicted molar refractivity (Wildman–Crippen MR) is 90.7 cm³/mol. The molecular formula is C16H34NO4P. The lowest BCUT2D eigenvalue weighted by molar-refractivity contribution is -0.141. The van der Waals surface area contributed by atoms with E-state index in [0.29, 0.717) is 25.3 Å². The number of rotatable bonds is 10. The molecule has 0 bridgehead atoms. The lowest BCUT2D eigenvalue weighted by Gasteiger charge is -2.36. The van der Waals surface area contributed by atoms with E-state index in [1.807, 2.05) is 13.8 Å². The van der Waals surface area contributed by atoms with E-state index in [1.54, 1.807) is 0 Å². The molecule has 0 N–H and O–H groups in total. The van der Waals surface area contributed by atoms with Gasteiger partial charge >= 0.3 is 0 Å². The van der Waals surface area contributed by atoms with Crippen molar-refractivity contribution in [3.63, 3.8) is 0 Å². The van der Waals surface area contributed by atoms with E-state index >= 15 is 0 Å². The number of ether oxygens (including phenoxy) is 2. The summed E-state index contributed by atoms with van der Waals surface area (Å²) in [6.07, 6.45) is 2.17. The van der Waals surface area contributed by atoms with Crippen molar-refractivity contribution in [2.75, 3.05) is 19.8 Å². The molecule has 1 rings (SSSR count). The minimum Gasteiger partial charge on any atom is -0.348 e. The average Bonchev–Trinajstić information content (AvgIpc) is 2.74. The molecule has 0 amide bonds. The number of hydrogen-bond donors (Lipinski definition) is 0. The maximum Gasteiger partial charge on any atom is 0.259 e. The summed E-state index contributed by atoms with van der Waals surface area (Å²) in [6.45, 7) is 16.6. The van der Waals surface area contributed by atoms with Gasteiger partial charge in [-0.15, -0.1) is 0 Å². The summed E-state index contributed by atoms with van der Waals surface area (Å²) in [5.74, 6) is -0.504. The predicted octanol–water partition coefficient (Wildman–Crippen LogP) is 4.32. The molecule has 2 atom stereocenters. The first-order valence-electron chi connectivity index (χ1n) is 8.42. The van der Waals surface area contributed by atoms with E-state index in [1.165, 1.54) is 0 Å². The van der Waals surface area contributed by atoms with E-state index in [4.69, 9.17) is 18.5 Å². The fourth-order valence-electron chi connectivity index (χ4n) is 2.42. The van der Waals surface area contributed by atoms with E-state index in [-0.39, 0.29) is 6.10 Å². The Hall–Kier alpha value is 0.230. The van der Waals surface area contributed by atoms with Gasteiger partial charge in [-0.2, -0.15) is 0 Å². The maximum atomic E-state index is 6.11. The van der Waals surface area contributed by atoms with Gasteiger partial charge in [0, 0.05) is 12.1 Å². The van der Waals surface area contributed by atoms with Crippen LogP contribution in [0.25, 0.3) is 0 Å². The molecule has 0 radical (unpaired) electrons. The first kappa shape index (κ1) is 20.3. The van der Waals surface area contributed by atoms with Crippen molar-refractivity contribution in [1.82, 2.24) is 4.67 Å². The fraction of sp³-hybridized carbons (Fsp3) is 1.00. The van der Waals surface area contributed by atoms with Crippen molar-refractivity contribution in [2.45, 2.75) is 85.3 Å². The quantitative estimate of drug-likeness (QED) is 0.439. The Morgan fingerprint density at radius 3 is 2.27 bits per heavy atom. The Morgan fingerprint density at radius 2 is 1.82 bits per heavy atom. The lowest BCUT2D eigenvalue weighted by Crippen LogP contribution is -2.34. The van der Waals surface area contributed by atoms with Crippen molar-refractivity contribution in [3.05, 3.63) is 0 Å². The molecule has 1 aliphatic heterocycles. The van der Waals surface area contributed by atoms with Crippen molar-refractivity contribution in [1.29, 1.82) is 0 Å². The molecule has 1 unspecified atom stereocenters. The van der Waals surface area contributed by atoms with Crippen molar-refractivity contribution in [3.8, 4) is 0 Å². The van der Waals surface area contributed by atoms with Gasteiger partial charge in [0.05, 0.1) is 19.8 Å². The van der Waals surface area contributed by atoms with E-state index in [9.17, 15) is 0 Å².